The molecule has 2 aromatic rings. The fourth-order valence-corrected chi connectivity index (χ4v) is 3.73. The van der Waals surface area contributed by atoms with Gasteiger partial charge in [-0.1, -0.05) is 17.3 Å². The van der Waals surface area contributed by atoms with Gasteiger partial charge in [0, 0.05) is 44.9 Å². The topological polar surface area (TPSA) is 187 Å². The van der Waals surface area contributed by atoms with E-state index in [1.165, 1.54) is 7.05 Å². The largest absolute Gasteiger partial charge is 0.481 e. The highest BCUT2D eigenvalue weighted by Gasteiger charge is 2.30. The molecule has 0 fully saturated rings. The zero-order valence-corrected chi connectivity index (χ0v) is 21.8. The second-order valence-corrected chi connectivity index (χ2v) is 9.04. The highest BCUT2D eigenvalue weighted by atomic mass is 19.1. The molecule has 0 radical (unpaired) electrons. The maximum Gasteiger partial charge on any atom is 0.326 e. The van der Waals surface area contributed by atoms with Crippen LogP contribution in [0.25, 0.3) is 0 Å². The summed E-state index contributed by atoms with van der Waals surface area (Å²) in [5.74, 6) is -3.89. The third kappa shape index (κ3) is 11.0. The van der Waals surface area contributed by atoms with Crippen LogP contribution in [0.1, 0.15) is 43.4 Å². The summed E-state index contributed by atoms with van der Waals surface area (Å²) in [4.78, 5) is 47.3. The molecule has 0 aliphatic rings. The average molecular weight is 551 g/mol. The molecule has 0 aliphatic carbocycles. The summed E-state index contributed by atoms with van der Waals surface area (Å²) >= 11 is 0. The van der Waals surface area contributed by atoms with Gasteiger partial charge in [-0.25, -0.2) is 14.4 Å². The number of nitrogens with one attached hydrogen (secondary N) is 2. The molecule has 0 aliphatic heterocycles. The number of urea groups is 1. The van der Waals surface area contributed by atoms with Crippen molar-refractivity contribution in [1.29, 1.82) is 0 Å². The Bertz CT molecular complexity index is 1090. The van der Waals surface area contributed by atoms with Gasteiger partial charge in [0.25, 0.3) is 0 Å². The number of rotatable bonds is 18. The summed E-state index contributed by atoms with van der Waals surface area (Å²) in [6.07, 6.45) is 3.76. The number of aliphatic carboxylic acids is 3. The number of carbonyl (C=O) groups excluding carboxylic acids is 1. The van der Waals surface area contributed by atoms with Crippen LogP contribution in [0, 0.1) is 0 Å². The fourth-order valence-electron chi connectivity index (χ4n) is 3.73. The van der Waals surface area contributed by atoms with Crippen molar-refractivity contribution in [3.63, 3.8) is 0 Å². The van der Waals surface area contributed by atoms with Crippen LogP contribution >= 0.6 is 0 Å². The summed E-state index contributed by atoms with van der Waals surface area (Å²) in [7, 11) is 1.24. The molecular weight excluding hydrogens is 515 g/mol. The highest BCUT2D eigenvalue weighted by Crippen LogP contribution is 2.14. The Labute approximate surface area is 225 Å². The smallest absolute Gasteiger partial charge is 0.326 e. The van der Waals surface area contributed by atoms with Crippen molar-refractivity contribution in [3.05, 3.63) is 41.7 Å². The van der Waals surface area contributed by atoms with Crippen LogP contribution in [-0.2, 0) is 33.8 Å². The Morgan fingerprint density at radius 3 is 2.38 bits per heavy atom. The maximum absolute atomic E-state index is 12.5. The van der Waals surface area contributed by atoms with Crippen LogP contribution in [-0.4, -0.2) is 91.5 Å². The van der Waals surface area contributed by atoms with E-state index < -0.39 is 42.4 Å². The number of hydrogen-bond donors (Lipinski definition) is 5. The molecule has 2 rings (SSSR count). The Hall–Kier alpha value is -4.23. The Balaban J connectivity index is 1.82. The molecule has 1 heterocycles. The molecule has 39 heavy (non-hydrogen) atoms. The van der Waals surface area contributed by atoms with Crippen molar-refractivity contribution >= 4 is 29.6 Å². The molecule has 2 atom stereocenters. The number of nitrogens with zero attached hydrogens (tertiary/aromatic N) is 4. The number of anilines is 1. The van der Waals surface area contributed by atoms with Gasteiger partial charge in [-0.05, 0) is 49.8 Å². The molecule has 5 N–H and O–H groups in total. The zero-order valence-electron chi connectivity index (χ0n) is 21.8. The lowest BCUT2D eigenvalue weighted by molar-refractivity contribution is -0.142. The highest BCUT2D eigenvalue weighted by molar-refractivity contribution is 5.86. The SMILES string of the molecule is CN(C(=O)N[C@@H](CCC(=O)O)C(=O)O)[C@@H](Cc1ccc(NCCCCn2cc(CCCF)nn2)cc1)C(=O)O. The molecule has 13 nitrogen and oxygen atoms in total. The van der Waals surface area contributed by atoms with E-state index in [4.69, 9.17) is 5.11 Å². The second-order valence-electron chi connectivity index (χ2n) is 9.04. The van der Waals surface area contributed by atoms with Gasteiger partial charge >= 0.3 is 23.9 Å². The van der Waals surface area contributed by atoms with E-state index in [2.05, 4.69) is 20.9 Å². The number of aromatic nitrogens is 3. The van der Waals surface area contributed by atoms with E-state index in [1.54, 1.807) is 28.9 Å². The van der Waals surface area contributed by atoms with Crippen molar-refractivity contribution in [2.75, 3.05) is 25.6 Å². The molecule has 0 spiro atoms. The van der Waals surface area contributed by atoms with Crippen LogP contribution in [0.4, 0.5) is 14.9 Å². The summed E-state index contributed by atoms with van der Waals surface area (Å²) in [5.41, 5.74) is 2.28. The summed E-state index contributed by atoms with van der Waals surface area (Å²) in [5, 5.41) is 41.2. The molecule has 0 unspecified atom stereocenters. The van der Waals surface area contributed by atoms with Gasteiger partial charge in [-0.3, -0.25) is 13.9 Å². The molecule has 0 bridgehead atoms. The first-order valence-corrected chi connectivity index (χ1v) is 12.6. The molecule has 2 amide bonds. The number of halogens is 1. The van der Waals surface area contributed by atoms with Crippen LogP contribution in [0.15, 0.2) is 30.5 Å². The predicted octanol–water partition coefficient (Wildman–Crippen LogP) is 2.03. The first-order valence-electron chi connectivity index (χ1n) is 12.6. The maximum atomic E-state index is 12.5. The molecular formula is C25H35FN6O7. The van der Waals surface area contributed by atoms with Crippen LogP contribution in [0.5, 0.6) is 0 Å². The van der Waals surface area contributed by atoms with Crippen molar-refractivity contribution < 1.29 is 38.9 Å². The molecule has 214 valence electrons. The van der Waals surface area contributed by atoms with Crippen molar-refractivity contribution in [3.8, 4) is 0 Å². The number of hydrogen-bond acceptors (Lipinski definition) is 7. The van der Waals surface area contributed by atoms with Gasteiger partial charge in [-0.15, -0.1) is 5.10 Å². The summed E-state index contributed by atoms with van der Waals surface area (Å²) in [6, 6.07) is 3.42. The van der Waals surface area contributed by atoms with E-state index in [0.717, 1.165) is 29.1 Å². The second kappa shape index (κ2) is 15.9. The van der Waals surface area contributed by atoms with E-state index >= 15 is 0 Å². The van der Waals surface area contributed by atoms with Gasteiger partial charge in [0.2, 0.25) is 0 Å². The number of likely N-dealkylation sites (N-methyl/N-ethyl adjacent to an activating group) is 1. The van der Waals surface area contributed by atoms with Crippen LogP contribution < -0.4 is 10.6 Å². The lowest BCUT2D eigenvalue weighted by atomic mass is 10.0. The molecule has 14 heteroatoms. The van der Waals surface area contributed by atoms with Crippen LogP contribution in [0.3, 0.4) is 0 Å². The summed E-state index contributed by atoms with van der Waals surface area (Å²) < 4.78 is 14.0. The lowest BCUT2D eigenvalue weighted by Gasteiger charge is -2.27. The Morgan fingerprint density at radius 2 is 1.77 bits per heavy atom. The van der Waals surface area contributed by atoms with E-state index in [9.17, 15) is 33.8 Å². The minimum atomic E-state index is -1.46. The molecule has 1 aromatic heterocycles. The van der Waals surface area contributed by atoms with Gasteiger partial charge in [0.15, 0.2) is 0 Å². The van der Waals surface area contributed by atoms with Crippen molar-refractivity contribution in [2.24, 2.45) is 0 Å². The minimum Gasteiger partial charge on any atom is -0.481 e. The molecule has 0 saturated carbocycles. The predicted molar refractivity (Wildman–Crippen MR) is 138 cm³/mol. The van der Waals surface area contributed by atoms with E-state index in [-0.39, 0.29) is 19.5 Å². The Kier molecular flexibility index (Phi) is 12.6. The standard InChI is InChI=1S/C25H35FN6O7/c1-31(25(39)28-20(23(35)36)10-11-22(33)34)21(24(37)38)15-17-6-8-18(9-7-17)27-13-2-3-14-32-16-19(29-30-32)5-4-12-26/h6-9,16,20-21,27H,2-5,10-15H2,1H3,(H,28,39)(H,33,34)(H,35,36)(H,37,38)/t20-,21-/m0/s1. The number of amides is 2. The average Bonchev–Trinajstić information content (AvgIpc) is 3.35. The third-order valence-corrected chi connectivity index (χ3v) is 5.99. The fraction of sp³-hybridized carbons (Fsp3) is 0.520. The number of carboxylic acid groups (broad SMARTS) is 3. The third-order valence-electron chi connectivity index (χ3n) is 5.99. The van der Waals surface area contributed by atoms with Gasteiger partial charge in [0.1, 0.15) is 12.1 Å². The van der Waals surface area contributed by atoms with E-state index in [1.807, 2.05) is 6.20 Å². The van der Waals surface area contributed by atoms with Gasteiger partial charge in [0.05, 0.1) is 12.4 Å². The van der Waals surface area contributed by atoms with Crippen molar-refractivity contribution in [1.82, 2.24) is 25.2 Å². The van der Waals surface area contributed by atoms with Crippen molar-refractivity contribution in [2.45, 2.75) is 63.6 Å². The number of alkyl halides is 1. The monoisotopic (exact) mass is 550 g/mol. The number of benzene rings is 1. The first kappa shape index (κ1) is 31.0. The van der Waals surface area contributed by atoms with Gasteiger partial charge in [-0.2, -0.15) is 0 Å². The normalized spacial score (nSPS) is 12.4. The van der Waals surface area contributed by atoms with E-state index in [0.29, 0.717) is 31.5 Å². The molecule has 0 saturated heterocycles. The minimum absolute atomic E-state index is 0.0163. The summed E-state index contributed by atoms with van der Waals surface area (Å²) in [6.45, 7) is 1.03. The first-order chi connectivity index (χ1) is 18.6. The number of unbranched alkanes of at least 4 members (excludes halogenated alkanes) is 1. The number of carbonyl (C=O) groups is 4. The zero-order chi connectivity index (χ0) is 28.8. The quantitative estimate of drug-likeness (QED) is 0.172. The van der Waals surface area contributed by atoms with Crippen LogP contribution in [0.2, 0.25) is 0 Å². The lowest BCUT2D eigenvalue weighted by Crippen LogP contribution is -2.52. The molecule has 1 aromatic carbocycles. The number of aryl methyl sites for hydroxylation is 2. The number of carboxylic acids is 3. The Morgan fingerprint density at radius 1 is 1.05 bits per heavy atom. The van der Waals surface area contributed by atoms with Gasteiger partial charge < -0.3 is 30.9 Å².